The molecule has 0 spiro atoms. The number of rotatable bonds is 4. The number of aryl methyl sites for hydroxylation is 1. The van der Waals surface area contributed by atoms with Crippen LogP contribution >= 0.6 is 0 Å². The highest BCUT2D eigenvalue weighted by Crippen LogP contribution is 2.22. The number of nitrogens with one attached hydrogen (secondary N) is 1. The first-order valence-corrected chi connectivity index (χ1v) is 5.19. The fourth-order valence-corrected chi connectivity index (χ4v) is 1.42. The van der Waals surface area contributed by atoms with E-state index >= 15 is 0 Å². The van der Waals surface area contributed by atoms with Crippen LogP contribution in [0.5, 0.6) is 0 Å². The summed E-state index contributed by atoms with van der Waals surface area (Å²) in [7, 11) is 0. The van der Waals surface area contributed by atoms with Crippen LogP contribution in [-0.4, -0.2) is 17.1 Å². The molecule has 1 atom stereocenters. The van der Waals surface area contributed by atoms with Crippen LogP contribution < -0.4 is 11.1 Å². The van der Waals surface area contributed by atoms with Gasteiger partial charge in [0, 0.05) is 0 Å². The van der Waals surface area contributed by atoms with Gasteiger partial charge in [-0.15, -0.1) is 0 Å². The molecule has 1 unspecified atom stereocenters. The second kappa shape index (κ2) is 5.47. The predicted molar refractivity (Wildman–Crippen MR) is 62.2 cm³/mol. The molecule has 0 saturated heterocycles. The summed E-state index contributed by atoms with van der Waals surface area (Å²) < 4.78 is 27.1. The van der Waals surface area contributed by atoms with Gasteiger partial charge in [0.2, 0.25) is 0 Å². The molecule has 0 radical (unpaired) electrons. The van der Waals surface area contributed by atoms with Crippen molar-refractivity contribution in [3.05, 3.63) is 29.3 Å². The summed E-state index contributed by atoms with van der Waals surface area (Å²) in [6.45, 7) is 3.28. The Morgan fingerprint density at radius 2 is 2.18 bits per heavy atom. The fraction of sp³-hybridized carbons (Fsp3) is 0.364. The number of hydrogen-bond donors (Lipinski definition) is 3. The van der Waals surface area contributed by atoms with Crippen molar-refractivity contribution in [3.8, 4) is 0 Å². The molecule has 1 aromatic rings. The molecule has 0 aromatic heterocycles. The van der Waals surface area contributed by atoms with Crippen molar-refractivity contribution in [3.63, 3.8) is 0 Å². The lowest BCUT2D eigenvalue weighted by molar-refractivity contribution is 0.316. The lowest BCUT2D eigenvalue weighted by Gasteiger charge is -2.18. The molecule has 0 bridgehead atoms. The molecule has 0 fully saturated rings. The summed E-state index contributed by atoms with van der Waals surface area (Å²) in [5.74, 6) is -1.50. The number of amidine groups is 1. The zero-order valence-corrected chi connectivity index (χ0v) is 9.67. The third-order valence-electron chi connectivity index (χ3n) is 2.48. The minimum absolute atomic E-state index is 0.118. The summed E-state index contributed by atoms with van der Waals surface area (Å²) in [4.78, 5) is 0. The van der Waals surface area contributed by atoms with Crippen LogP contribution in [0.25, 0.3) is 0 Å². The van der Waals surface area contributed by atoms with Gasteiger partial charge in [0.15, 0.2) is 11.7 Å². The SMILES string of the molecule is CCC(Nc1c(F)ccc(C)c1F)/C(N)=N/O. The highest BCUT2D eigenvalue weighted by Gasteiger charge is 2.17. The maximum Gasteiger partial charge on any atom is 0.161 e. The Labute approximate surface area is 98.1 Å². The van der Waals surface area contributed by atoms with Gasteiger partial charge >= 0.3 is 0 Å². The van der Waals surface area contributed by atoms with Crippen LogP contribution in [0.1, 0.15) is 18.9 Å². The van der Waals surface area contributed by atoms with Crippen molar-refractivity contribution in [2.45, 2.75) is 26.3 Å². The van der Waals surface area contributed by atoms with Crippen molar-refractivity contribution >= 4 is 11.5 Å². The molecule has 1 aromatic carbocycles. The van der Waals surface area contributed by atoms with Gasteiger partial charge in [0.1, 0.15) is 11.5 Å². The topological polar surface area (TPSA) is 70.6 Å². The van der Waals surface area contributed by atoms with E-state index in [1.54, 1.807) is 6.92 Å². The number of nitrogens with two attached hydrogens (primary N) is 1. The summed E-state index contributed by atoms with van der Waals surface area (Å²) in [5.41, 5.74) is 5.47. The lowest BCUT2D eigenvalue weighted by Crippen LogP contribution is -2.35. The third-order valence-corrected chi connectivity index (χ3v) is 2.48. The lowest BCUT2D eigenvalue weighted by atomic mass is 10.1. The average Bonchev–Trinajstić information content (AvgIpc) is 2.33. The first-order chi connectivity index (χ1) is 8.01. The molecule has 17 heavy (non-hydrogen) atoms. The van der Waals surface area contributed by atoms with Gasteiger partial charge in [-0.3, -0.25) is 0 Å². The van der Waals surface area contributed by atoms with Crippen molar-refractivity contribution in [2.75, 3.05) is 5.32 Å². The first kappa shape index (κ1) is 13.2. The van der Waals surface area contributed by atoms with E-state index in [4.69, 9.17) is 10.9 Å². The van der Waals surface area contributed by atoms with E-state index in [1.807, 2.05) is 0 Å². The molecule has 6 heteroatoms. The Morgan fingerprint density at radius 3 is 2.71 bits per heavy atom. The molecule has 0 saturated carbocycles. The van der Waals surface area contributed by atoms with Crippen LogP contribution in [-0.2, 0) is 0 Å². The Kier molecular flexibility index (Phi) is 4.25. The van der Waals surface area contributed by atoms with E-state index in [-0.39, 0.29) is 11.5 Å². The zero-order valence-electron chi connectivity index (χ0n) is 9.67. The van der Waals surface area contributed by atoms with E-state index in [2.05, 4.69) is 10.5 Å². The monoisotopic (exact) mass is 243 g/mol. The zero-order chi connectivity index (χ0) is 13.0. The Bertz CT molecular complexity index is 435. The predicted octanol–water partition coefficient (Wildman–Crippen LogP) is 2.21. The van der Waals surface area contributed by atoms with Crippen molar-refractivity contribution in [1.82, 2.24) is 0 Å². The minimum Gasteiger partial charge on any atom is -0.409 e. The van der Waals surface area contributed by atoms with Gasteiger partial charge in [0.25, 0.3) is 0 Å². The van der Waals surface area contributed by atoms with E-state index in [1.165, 1.54) is 19.1 Å². The van der Waals surface area contributed by atoms with Gasteiger partial charge < -0.3 is 16.3 Å². The fourth-order valence-electron chi connectivity index (χ4n) is 1.42. The molecule has 0 aliphatic carbocycles. The summed E-state index contributed by atoms with van der Waals surface area (Å²) in [6, 6.07) is 1.89. The summed E-state index contributed by atoms with van der Waals surface area (Å²) >= 11 is 0. The first-order valence-electron chi connectivity index (χ1n) is 5.19. The Morgan fingerprint density at radius 1 is 1.53 bits per heavy atom. The number of halogens is 2. The number of nitrogens with zero attached hydrogens (tertiary/aromatic N) is 1. The van der Waals surface area contributed by atoms with Gasteiger partial charge in [-0.2, -0.15) is 0 Å². The normalized spacial score (nSPS) is 13.5. The molecule has 0 aliphatic rings. The van der Waals surface area contributed by atoms with Gasteiger partial charge in [-0.05, 0) is 25.0 Å². The van der Waals surface area contributed by atoms with Crippen molar-refractivity contribution < 1.29 is 14.0 Å². The molecule has 4 N–H and O–H groups in total. The third kappa shape index (κ3) is 2.83. The van der Waals surface area contributed by atoms with Crippen LogP contribution in [0, 0.1) is 18.6 Å². The maximum absolute atomic E-state index is 13.7. The summed E-state index contributed by atoms with van der Waals surface area (Å²) in [5, 5.41) is 14.0. The van der Waals surface area contributed by atoms with E-state index in [0.29, 0.717) is 12.0 Å². The summed E-state index contributed by atoms with van der Waals surface area (Å²) in [6.07, 6.45) is 0.433. The van der Waals surface area contributed by atoms with Crippen molar-refractivity contribution in [2.24, 2.45) is 10.9 Å². The van der Waals surface area contributed by atoms with E-state index in [0.717, 1.165) is 0 Å². The molecule has 0 heterocycles. The number of benzene rings is 1. The van der Waals surface area contributed by atoms with Crippen LogP contribution in [0.2, 0.25) is 0 Å². The average molecular weight is 243 g/mol. The number of oxime groups is 1. The maximum atomic E-state index is 13.7. The molecular formula is C11H15F2N3O. The molecule has 94 valence electrons. The highest BCUT2D eigenvalue weighted by atomic mass is 19.1. The van der Waals surface area contributed by atoms with Crippen LogP contribution in [0.3, 0.4) is 0 Å². The van der Waals surface area contributed by atoms with Gasteiger partial charge in [0.05, 0.1) is 6.04 Å². The van der Waals surface area contributed by atoms with E-state index in [9.17, 15) is 8.78 Å². The highest BCUT2D eigenvalue weighted by molar-refractivity contribution is 5.87. The molecule has 0 aliphatic heterocycles. The van der Waals surface area contributed by atoms with Gasteiger partial charge in [-0.25, -0.2) is 8.78 Å². The Balaban J connectivity index is 3.05. The molecule has 4 nitrogen and oxygen atoms in total. The largest absolute Gasteiger partial charge is 0.409 e. The van der Waals surface area contributed by atoms with Gasteiger partial charge in [-0.1, -0.05) is 18.1 Å². The molecule has 1 rings (SSSR count). The molecular weight excluding hydrogens is 228 g/mol. The smallest absolute Gasteiger partial charge is 0.161 e. The minimum atomic E-state index is -0.711. The number of anilines is 1. The van der Waals surface area contributed by atoms with Crippen LogP contribution in [0.4, 0.5) is 14.5 Å². The number of hydrogen-bond acceptors (Lipinski definition) is 3. The quantitative estimate of drug-likeness (QED) is 0.328. The Hall–Kier alpha value is -1.85. The second-order valence-electron chi connectivity index (χ2n) is 3.68. The second-order valence-corrected chi connectivity index (χ2v) is 3.68. The van der Waals surface area contributed by atoms with Crippen molar-refractivity contribution in [1.29, 1.82) is 0 Å². The van der Waals surface area contributed by atoms with Crippen LogP contribution in [0.15, 0.2) is 17.3 Å². The standard InChI is InChI=1S/C11H15F2N3O/c1-3-8(11(14)16-17)15-10-7(12)5-4-6(2)9(10)13/h4-5,8,15,17H,3H2,1-2H3,(H2,14,16). The molecule has 0 amide bonds. The van der Waals surface area contributed by atoms with E-state index < -0.39 is 17.7 Å².